The molecular weight excluding hydrogens is 366 g/mol. The highest BCUT2D eigenvalue weighted by atomic mass is 35.5. The van der Waals surface area contributed by atoms with E-state index >= 15 is 0 Å². The van der Waals surface area contributed by atoms with Gasteiger partial charge in [0.25, 0.3) is 0 Å². The molecule has 3 rings (SSSR count). The minimum Gasteiger partial charge on any atom is -0.495 e. The van der Waals surface area contributed by atoms with Gasteiger partial charge in [-0.1, -0.05) is 41.9 Å². The number of nitrogens with one attached hydrogen (secondary N) is 2. The van der Waals surface area contributed by atoms with Crippen molar-refractivity contribution in [2.75, 3.05) is 30.6 Å². The zero-order valence-electron chi connectivity index (χ0n) is 15.0. The molecule has 0 atom stereocenters. The molecule has 4 N–H and O–H groups in total. The lowest BCUT2D eigenvalue weighted by molar-refractivity contribution is 0.396. The van der Waals surface area contributed by atoms with Crippen LogP contribution in [0, 0.1) is 0 Å². The monoisotopic (exact) mass is 385 g/mol. The predicted molar refractivity (Wildman–Crippen MR) is 108 cm³/mol. The van der Waals surface area contributed by atoms with E-state index in [2.05, 4.69) is 20.6 Å². The molecule has 0 aliphatic rings. The summed E-state index contributed by atoms with van der Waals surface area (Å²) in [6, 6.07) is 13.4. The fourth-order valence-corrected chi connectivity index (χ4v) is 2.74. The first-order valence-corrected chi connectivity index (χ1v) is 8.57. The van der Waals surface area contributed by atoms with Crippen LogP contribution in [0.3, 0.4) is 0 Å². The van der Waals surface area contributed by atoms with Gasteiger partial charge in [-0.2, -0.15) is 0 Å². The third-order valence-corrected chi connectivity index (χ3v) is 4.21. The molecule has 0 fully saturated rings. The van der Waals surface area contributed by atoms with Crippen LogP contribution < -0.4 is 25.8 Å². The Morgan fingerprint density at radius 1 is 1.00 bits per heavy atom. The molecule has 0 spiro atoms. The third kappa shape index (κ3) is 4.32. The van der Waals surface area contributed by atoms with E-state index in [1.54, 1.807) is 26.4 Å². The Kier molecular flexibility index (Phi) is 5.83. The first kappa shape index (κ1) is 18.6. The van der Waals surface area contributed by atoms with Crippen LogP contribution in [-0.4, -0.2) is 24.2 Å². The van der Waals surface area contributed by atoms with Crippen molar-refractivity contribution in [2.45, 2.75) is 6.54 Å². The molecule has 1 heterocycles. The van der Waals surface area contributed by atoms with Crippen molar-refractivity contribution in [3.63, 3.8) is 0 Å². The molecule has 0 saturated heterocycles. The summed E-state index contributed by atoms with van der Waals surface area (Å²) in [7, 11) is 3.10. The third-order valence-electron chi connectivity index (χ3n) is 3.91. The average molecular weight is 386 g/mol. The number of rotatable bonds is 7. The van der Waals surface area contributed by atoms with Crippen molar-refractivity contribution in [3.05, 3.63) is 59.4 Å². The van der Waals surface area contributed by atoms with Gasteiger partial charge < -0.3 is 25.8 Å². The summed E-state index contributed by atoms with van der Waals surface area (Å²) in [6.07, 6.45) is 1.43. The van der Waals surface area contributed by atoms with E-state index in [4.69, 9.17) is 26.8 Å². The van der Waals surface area contributed by atoms with Gasteiger partial charge in [-0.05, 0) is 11.6 Å². The molecule has 0 aliphatic heterocycles. The van der Waals surface area contributed by atoms with Crippen molar-refractivity contribution >= 4 is 34.6 Å². The van der Waals surface area contributed by atoms with Crippen LogP contribution in [0.1, 0.15) is 5.56 Å². The number of nitrogens with two attached hydrogens (primary N) is 1. The quantitative estimate of drug-likeness (QED) is 0.564. The summed E-state index contributed by atoms with van der Waals surface area (Å²) in [5, 5.41) is 6.80. The Labute approximate surface area is 162 Å². The number of anilines is 4. The highest BCUT2D eigenvalue weighted by Gasteiger charge is 2.14. The minimum absolute atomic E-state index is 0.391. The van der Waals surface area contributed by atoms with E-state index in [0.717, 1.165) is 5.56 Å². The summed E-state index contributed by atoms with van der Waals surface area (Å²) in [4.78, 5) is 8.44. The van der Waals surface area contributed by atoms with Crippen LogP contribution in [-0.2, 0) is 6.54 Å². The number of hydrogen-bond acceptors (Lipinski definition) is 7. The molecule has 1 aromatic heterocycles. The van der Waals surface area contributed by atoms with Gasteiger partial charge in [0.1, 0.15) is 23.5 Å². The number of halogens is 1. The summed E-state index contributed by atoms with van der Waals surface area (Å²) in [5.41, 5.74) is 8.36. The molecular formula is C19H20ClN5O2. The maximum absolute atomic E-state index is 6.23. The van der Waals surface area contributed by atoms with Gasteiger partial charge in [-0.25, -0.2) is 9.97 Å². The molecule has 2 aromatic carbocycles. The van der Waals surface area contributed by atoms with E-state index in [9.17, 15) is 0 Å². The number of hydrogen-bond donors (Lipinski definition) is 3. The van der Waals surface area contributed by atoms with Gasteiger partial charge in [-0.3, -0.25) is 0 Å². The Bertz CT molecular complexity index is 921. The standard InChI is InChI=1S/C19H20ClN5O2/c1-26-15-9-16(27-2)14(8-13(15)20)25-19-17(21)18(23-11-24-19)22-10-12-6-4-3-5-7-12/h3-9,11H,10,21H2,1-2H3,(H2,22,23,24,25). The van der Waals surface area contributed by atoms with Crippen LogP contribution in [0.5, 0.6) is 11.5 Å². The maximum Gasteiger partial charge on any atom is 0.159 e. The Morgan fingerprint density at radius 3 is 2.41 bits per heavy atom. The lowest BCUT2D eigenvalue weighted by Gasteiger charge is -2.16. The lowest BCUT2D eigenvalue weighted by Crippen LogP contribution is -2.08. The predicted octanol–water partition coefficient (Wildman–Crippen LogP) is 4.09. The van der Waals surface area contributed by atoms with Gasteiger partial charge in [-0.15, -0.1) is 0 Å². The number of methoxy groups -OCH3 is 2. The Morgan fingerprint density at radius 2 is 1.70 bits per heavy atom. The van der Waals surface area contributed by atoms with E-state index in [-0.39, 0.29) is 0 Å². The van der Waals surface area contributed by atoms with E-state index in [0.29, 0.717) is 46.1 Å². The first-order valence-electron chi connectivity index (χ1n) is 8.19. The van der Waals surface area contributed by atoms with Crippen molar-refractivity contribution < 1.29 is 9.47 Å². The van der Waals surface area contributed by atoms with E-state index in [1.165, 1.54) is 6.33 Å². The van der Waals surface area contributed by atoms with Crippen LogP contribution in [0.4, 0.5) is 23.0 Å². The maximum atomic E-state index is 6.23. The molecule has 140 valence electrons. The number of ether oxygens (including phenoxy) is 2. The largest absolute Gasteiger partial charge is 0.495 e. The topological polar surface area (TPSA) is 94.3 Å². The molecule has 0 bridgehead atoms. The SMILES string of the molecule is COc1cc(OC)c(Nc2ncnc(NCc3ccccc3)c2N)cc1Cl. The average Bonchev–Trinajstić information content (AvgIpc) is 2.69. The fraction of sp³-hybridized carbons (Fsp3) is 0.158. The van der Waals surface area contributed by atoms with Gasteiger partial charge in [0.05, 0.1) is 24.9 Å². The van der Waals surface area contributed by atoms with Gasteiger partial charge in [0.15, 0.2) is 11.6 Å². The van der Waals surface area contributed by atoms with Crippen molar-refractivity contribution in [3.8, 4) is 11.5 Å². The molecule has 7 nitrogen and oxygen atoms in total. The second-order valence-corrected chi connectivity index (χ2v) is 6.04. The Hall–Kier alpha value is -3.19. The van der Waals surface area contributed by atoms with Crippen molar-refractivity contribution in [2.24, 2.45) is 0 Å². The number of nitrogen functional groups attached to an aromatic ring is 1. The molecule has 27 heavy (non-hydrogen) atoms. The molecule has 8 heteroatoms. The number of nitrogens with zero attached hydrogens (tertiary/aromatic N) is 2. The highest BCUT2D eigenvalue weighted by Crippen LogP contribution is 2.38. The molecule has 0 amide bonds. The number of aromatic nitrogens is 2. The summed E-state index contributed by atoms with van der Waals surface area (Å²) >= 11 is 6.22. The fourth-order valence-electron chi connectivity index (χ4n) is 2.50. The smallest absolute Gasteiger partial charge is 0.159 e. The van der Waals surface area contributed by atoms with Crippen LogP contribution >= 0.6 is 11.6 Å². The van der Waals surface area contributed by atoms with Gasteiger partial charge in [0, 0.05) is 12.6 Å². The van der Waals surface area contributed by atoms with Gasteiger partial charge in [0.2, 0.25) is 0 Å². The second kappa shape index (κ2) is 8.46. The number of benzene rings is 2. The summed E-state index contributed by atoms with van der Waals surface area (Å²) < 4.78 is 10.6. The summed E-state index contributed by atoms with van der Waals surface area (Å²) in [5.74, 6) is 2.04. The van der Waals surface area contributed by atoms with Crippen LogP contribution in [0.15, 0.2) is 48.8 Å². The Balaban J connectivity index is 1.83. The van der Waals surface area contributed by atoms with Crippen LogP contribution in [0.2, 0.25) is 5.02 Å². The molecule has 0 unspecified atom stereocenters. The molecule has 3 aromatic rings. The summed E-state index contributed by atoms with van der Waals surface area (Å²) in [6.45, 7) is 0.596. The second-order valence-electron chi connectivity index (χ2n) is 5.64. The van der Waals surface area contributed by atoms with E-state index in [1.807, 2.05) is 30.3 Å². The zero-order chi connectivity index (χ0) is 19.2. The van der Waals surface area contributed by atoms with Crippen molar-refractivity contribution in [1.82, 2.24) is 9.97 Å². The minimum atomic E-state index is 0.391. The van der Waals surface area contributed by atoms with E-state index < -0.39 is 0 Å². The molecule has 0 aliphatic carbocycles. The molecule has 0 saturated carbocycles. The van der Waals surface area contributed by atoms with Crippen molar-refractivity contribution in [1.29, 1.82) is 0 Å². The normalized spacial score (nSPS) is 10.3. The van der Waals surface area contributed by atoms with Gasteiger partial charge >= 0.3 is 0 Å². The molecule has 0 radical (unpaired) electrons. The highest BCUT2D eigenvalue weighted by molar-refractivity contribution is 6.32. The zero-order valence-corrected chi connectivity index (χ0v) is 15.7. The lowest BCUT2D eigenvalue weighted by atomic mass is 10.2. The van der Waals surface area contributed by atoms with Crippen LogP contribution in [0.25, 0.3) is 0 Å². The first-order chi connectivity index (χ1) is 13.1.